The Kier molecular flexibility index (Phi) is 5.24. The lowest BCUT2D eigenvalue weighted by Gasteiger charge is -2.23. The molecule has 0 aliphatic carbocycles. The normalized spacial score (nSPS) is 19.0. The molecule has 0 bridgehead atoms. The van der Waals surface area contributed by atoms with Crippen LogP contribution < -0.4 is 5.43 Å². The molecule has 1 fully saturated rings. The highest BCUT2D eigenvalue weighted by Gasteiger charge is 2.30. The number of likely N-dealkylation sites (tertiary alicyclic amines) is 1. The number of carboxylic acids is 1. The third-order valence-corrected chi connectivity index (χ3v) is 4.16. The fraction of sp³-hybridized carbons (Fsp3) is 0.625. The number of carboxylic acid groups (broad SMARTS) is 1. The summed E-state index contributed by atoms with van der Waals surface area (Å²) in [6.45, 7) is 6.07. The topological polar surface area (TPSA) is 82.8 Å². The van der Waals surface area contributed by atoms with E-state index in [-0.39, 0.29) is 5.75 Å². The van der Waals surface area contributed by atoms with Crippen LogP contribution in [0, 0.1) is 5.92 Å². The third kappa shape index (κ3) is 3.88. The molecule has 1 aliphatic rings. The van der Waals surface area contributed by atoms with Gasteiger partial charge in [0.1, 0.15) is 6.04 Å². The molecule has 2 rings (SSSR count). The van der Waals surface area contributed by atoms with Crippen LogP contribution in [-0.4, -0.2) is 38.2 Å². The van der Waals surface area contributed by atoms with E-state index in [0.29, 0.717) is 25.4 Å². The molecule has 2 N–H and O–H groups in total. The number of carbonyl (C=O) groups is 1. The van der Waals surface area contributed by atoms with Crippen molar-refractivity contribution >= 4 is 5.97 Å². The molecule has 0 amide bonds. The van der Waals surface area contributed by atoms with Crippen molar-refractivity contribution in [3.63, 3.8) is 0 Å². The molecule has 122 valence electrons. The Morgan fingerprint density at radius 1 is 1.45 bits per heavy atom. The molecule has 1 unspecified atom stereocenters. The minimum absolute atomic E-state index is 0.260. The van der Waals surface area contributed by atoms with Crippen molar-refractivity contribution in [2.24, 2.45) is 5.92 Å². The van der Waals surface area contributed by atoms with Gasteiger partial charge in [0, 0.05) is 24.8 Å². The van der Waals surface area contributed by atoms with E-state index in [4.69, 9.17) is 0 Å². The van der Waals surface area contributed by atoms with Crippen LogP contribution in [0.4, 0.5) is 0 Å². The van der Waals surface area contributed by atoms with Crippen molar-refractivity contribution in [3.8, 4) is 5.75 Å². The maximum atomic E-state index is 11.7. The Morgan fingerprint density at radius 2 is 2.18 bits per heavy atom. The van der Waals surface area contributed by atoms with Crippen molar-refractivity contribution in [1.82, 2.24) is 9.47 Å². The van der Waals surface area contributed by atoms with Crippen LogP contribution in [0.25, 0.3) is 0 Å². The smallest absolute Gasteiger partial charge is 0.320 e. The lowest BCUT2D eigenvalue weighted by atomic mass is 10.1. The van der Waals surface area contributed by atoms with E-state index in [1.54, 1.807) is 0 Å². The first kappa shape index (κ1) is 16.5. The van der Waals surface area contributed by atoms with Crippen LogP contribution in [0.3, 0.4) is 0 Å². The molecule has 22 heavy (non-hydrogen) atoms. The minimum atomic E-state index is -0.813. The zero-order chi connectivity index (χ0) is 16.3. The minimum Gasteiger partial charge on any atom is -0.503 e. The van der Waals surface area contributed by atoms with E-state index >= 15 is 0 Å². The van der Waals surface area contributed by atoms with Gasteiger partial charge in [-0.05, 0) is 31.7 Å². The van der Waals surface area contributed by atoms with Gasteiger partial charge in [0.25, 0.3) is 0 Å². The van der Waals surface area contributed by atoms with Gasteiger partial charge >= 0.3 is 5.97 Å². The Balaban J connectivity index is 2.23. The number of nitrogens with zero attached hydrogens (tertiary/aromatic N) is 2. The first-order valence-electron chi connectivity index (χ1n) is 7.77. The van der Waals surface area contributed by atoms with E-state index in [2.05, 4.69) is 13.8 Å². The average Bonchev–Trinajstić information content (AvgIpc) is 2.89. The van der Waals surface area contributed by atoms with Gasteiger partial charge < -0.3 is 14.8 Å². The Bertz CT molecular complexity index is 594. The standard InChI is InChI=1S/C16H24N2O4/c1-11(2)5-7-17-10-15(20)14(19)8-12(17)9-18-6-3-4-13(18)16(21)22/h8,10-11,13,20H,3-7,9H2,1-2H3,(H,21,22). The number of pyridine rings is 1. The van der Waals surface area contributed by atoms with Crippen molar-refractivity contribution in [3.05, 3.63) is 28.2 Å². The fourth-order valence-electron chi connectivity index (χ4n) is 2.85. The van der Waals surface area contributed by atoms with E-state index in [1.165, 1.54) is 12.3 Å². The van der Waals surface area contributed by atoms with Gasteiger partial charge in [-0.3, -0.25) is 14.5 Å². The molecule has 0 aromatic carbocycles. The molecule has 0 radical (unpaired) electrons. The third-order valence-electron chi connectivity index (χ3n) is 4.16. The molecule has 1 aliphatic heterocycles. The molecule has 6 heteroatoms. The number of hydrogen-bond acceptors (Lipinski definition) is 4. The number of rotatable bonds is 6. The highest BCUT2D eigenvalue weighted by Crippen LogP contribution is 2.21. The maximum Gasteiger partial charge on any atom is 0.320 e. The summed E-state index contributed by atoms with van der Waals surface area (Å²) >= 11 is 0. The lowest BCUT2D eigenvalue weighted by molar-refractivity contribution is -0.142. The highest BCUT2D eigenvalue weighted by atomic mass is 16.4. The second kappa shape index (κ2) is 6.96. The zero-order valence-corrected chi connectivity index (χ0v) is 13.2. The Morgan fingerprint density at radius 3 is 2.82 bits per heavy atom. The summed E-state index contributed by atoms with van der Waals surface area (Å²) in [5.74, 6) is -0.566. The monoisotopic (exact) mass is 308 g/mol. The number of aromatic nitrogens is 1. The van der Waals surface area contributed by atoms with Gasteiger partial charge in [-0.1, -0.05) is 13.8 Å². The number of aryl methyl sites for hydroxylation is 1. The highest BCUT2D eigenvalue weighted by molar-refractivity contribution is 5.73. The average molecular weight is 308 g/mol. The van der Waals surface area contributed by atoms with Gasteiger partial charge in [0.2, 0.25) is 5.43 Å². The first-order chi connectivity index (χ1) is 10.4. The van der Waals surface area contributed by atoms with Crippen LogP contribution in [0.15, 0.2) is 17.1 Å². The summed E-state index contributed by atoms with van der Waals surface area (Å²) in [6, 6.07) is 0.940. The second-order valence-corrected chi connectivity index (χ2v) is 6.36. The fourth-order valence-corrected chi connectivity index (χ4v) is 2.85. The van der Waals surface area contributed by atoms with Crippen molar-refractivity contribution < 1.29 is 15.0 Å². The molecule has 1 saturated heterocycles. The summed E-state index contributed by atoms with van der Waals surface area (Å²) < 4.78 is 1.87. The van der Waals surface area contributed by atoms with Gasteiger partial charge in [0.05, 0.1) is 6.20 Å². The zero-order valence-electron chi connectivity index (χ0n) is 13.2. The molecule has 6 nitrogen and oxygen atoms in total. The van der Waals surface area contributed by atoms with Crippen LogP contribution >= 0.6 is 0 Å². The first-order valence-corrected chi connectivity index (χ1v) is 7.77. The van der Waals surface area contributed by atoms with Crippen molar-refractivity contribution in [2.75, 3.05) is 6.54 Å². The van der Waals surface area contributed by atoms with Crippen LogP contribution in [-0.2, 0) is 17.9 Å². The lowest BCUT2D eigenvalue weighted by Crippen LogP contribution is -2.36. The van der Waals surface area contributed by atoms with Crippen molar-refractivity contribution in [2.45, 2.75) is 52.2 Å². The summed E-state index contributed by atoms with van der Waals surface area (Å²) in [6.07, 6.45) is 3.89. The van der Waals surface area contributed by atoms with Gasteiger partial charge in [0.15, 0.2) is 5.75 Å². The van der Waals surface area contributed by atoms with Crippen LogP contribution in [0.5, 0.6) is 5.75 Å². The summed E-state index contributed by atoms with van der Waals surface area (Å²) in [7, 11) is 0. The quantitative estimate of drug-likeness (QED) is 0.835. The molecule has 1 aromatic heterocycles. The molecule has 1 aromatic rings. The predicted molar refractivity (Wildman–Crippen MR) is 82.9 cm³/mol. The Hall–Kier alpha value is -1.82. The summed E-state index contributed by atoms with van der Waals surface area (Å²) in [5, 5.41) is 18.9. The largest absolute Gasteiger partial charge is 0.503 e. The molecular formula is C16H24N2O4. The molecule has 0 saturated carbocycles. The van der Waals surface area contributed by atoms with Crippen molar-refractivity contribution in [1.29, 1.82) is 0 Å². The predicted octanol–water partition coefficient (Wildman–Crippen LogP) is 1.65. The Labute approximate surface area is 130 Å². The summed E-state index contributed by atoms with van der Waals surface area (Å²) in [4.78, 5) is 24.9. The van der Waals surface area contributed by atoms with E-state index in [0.717, 1.165) is 25.1 Å². The maximum absolute atomic E-state index is 11.7. The van der Waals surface area contributed by atoms with E-state index in [1.807, 2.05) is 9.47 Å². The molecule has 2 heterocycles. The van der Waals surface area contributed by atoms with E-state index < -0.39 is 17.4 Å². The number of aromatic hydroxyl groups is 1. The second-order valence-electron chi connectivity index (χ2n) is 6.36. The number of aliphatic carboxylic acids is 1. The van der Waals surface area contributed by atoms with Gasteiger partial charge in [-0.25, -0.2) is 0 Å². The van der Waals surface area contributed by atoms with Gasteiger partial charge in [-0.15, -0.1) is 0 Å². The molecular weight excluding hydrogens is 284 g/mol. The summed E-state index contributed by atoms with van der Waals surface area (Å²) in [5.41, 5.74) is 0.346. The number of hydrogen-bond donors (Lipinski definition) is 2. The van der Waals surface area contributed by atoms with Crippen LogP contribution in [0.1, 0.15) is 38.8 Å². The molecule has 0 spiro atoms. The van der Waals surface area contributed by atoms with Crippen LogP contribution in [0.2, 0.25) is 0 Å². The van der Waals surface area contributed by atoms with E-state index in [9.17, 15) is 19.8 Å². The SMILES string of the molecule is CC(C)CCn1cc(O)c(=O)cc1CN1CCCC1C(=O)O. The molecule has 1 atom stereocenters. The van der Waals surface area contributed by atoms with Gasteiger partial charge in [-0.2, -0.15) is 0 Å².